The van der Waals surface area contributed by atoms with Crippen LogP contribution in [0.4, 0.5) is 5.69 Å². The number of carbonyl (C=O) groups excluding carboxylic acids is 2. The molecule has 0 aliphatic heterocycles. The summed E-state index contributed by atoms with van der Waals surface area (Å²) in [6, 6.07) is 20.6. The minimum absolute atomic E-state index is 0.0187. The number of carbonyl (C=O) groups is 2. The third kappa shape index (κ3) is 6.85. The number of nitrogens with one attached hydrogen (secondary N) is 1. The second-order valence-corrected chi connectivity index (χ2v) is 10.7. The molecule has 1 unspecified atom stereocenters. The van der Waals surface area contributed by atoms with Crippen LogP contribution in [0.2, 0.25) is 5.02 Å². The predicted octanol–water partition coefficient (Wildman–Crippen LogP) is 4.49. The van der Waals surface area contributed by atoms with E-state index in [9.17, 15) is 18.0 Å². The Labute approximate surface area is 229 Å². The van der Waals surface area contributed by atoms with E-state index in [1.54, 1.807) is 87.7 Å². The van der Waals surface area contributed by atoms with Crippen molar-refractivity contribution in [1.29, 1.82) is 0 Å². The van der Waals surface area contributed by atoms with Gasteiger partial charge in [-0.15, -0.1) is 0 Å². The van der Waals surface area contributed by atoms with E-state index < -0.39 is 28.5 Å². The van der Waals surface area contributed by atoms with Crippen molar-refractivity contribution in [3.8, 4) is 5.75 Å². The summed E-state index contributed by atoms with van der Waals surface area (Å²) in [4.78, 5) is 28.3. The fourth-order valence-corrected chi connectivity index (χ4v) is 5.77. The maximum Gasteiger partial charge on any atom is 0.264 e. The highest BCUT2D eigenvalue weighted by atomic mass is 35.5. The molecule has 1 atom stereocenters. The van der Waals surface area contributed by atoms with Crippen molar-refractivity contribution >= 4 is 39.1 Å². The lowest BCUT2D eigenvalue weighted by molar-refractivity contribution is -0.140. The molecule has 3 rings (SSSR count). The number of hydrogen-bond acceptors (Lipinski definition) is 5. The maximum atomic E-state index is 13.9. The topological polar surface area (TPSA) is 96.0 Å². The van der Waals surface area contributed by atoms with Gasteiger partial charge in [-0.3, -0.25) is 13.9 Å². The Hall–Kier alpha value is -3.56. The number of para-hydroxylation sites is 1. The van der Waals surface area contributed by atoms with E-state index in [4.69, 9.17) is 16.3 Å². The fourth-order valence-electron chi connectivity index (χ4n) is 4.03. The van der Waals surface area contributed by atoms with Gasteiger partial charge in [0.2, 0.25) is 11.8 Å². The number of halogens is 1. The average Bonchev–Trinajstić information content (AvgIpc) is 2.93. The van der Waals surface area contributed by atoms with Crippen LogP contribution in [0.1, 0.15) is 25.8 Å². The monoisotopic (exact) mass is 557 g/mol. The lowest BCUT2D eigenvalue weighted by Gasteiger charge is -2.33. The number of benzene rings is 3. The van der Waals surface area contributed by atoms with Gasteiger partial charge in [-0.25, -0.2) is 8.42 Å². The van der Waals surface area contributed by atoms with E-state index in [1.165, 1.54) is 17.0 Å². The van der Waals surface area contributed by atoms with E-state index in [0.29, 0.717) is 18.7 Å². The molecule has 3 aromatic rings. The third-order valence-electron chi connectivity index (χ3n) is 5.98. The molecule has 0 radical (unpaired) electrons. The van der Waals surface area contributed by atoms with Gasteiger partial charge in [-0.2, -0.15) is 0 Å². The molecule has 0 aliphatic rings. The Kier molecular flexibility index (Phi) is 10.2. The molecule has 10 heteroatoms. The van der Waals surface area contributed by atoms with Crippen LogP contribution >= 0.6 is 11.6 Å². The summed E-state index contributed by atoms with van der Waals surface area (Å²) >= 11 is 6.41. The number of rotatable bonds is 12. The Balaban J connectivity index is 2.05. The zero-order valence-corrected chi connectivity index (χ0v) is 23.2. The first-order valence-electron chi connectivity index (χ1n) is 12.2. The third-order valence-corrected chi connectivity index (χ3v) is 8.07. The van der Waals surface area contributed by atoms with Crippen molar-refractivity contribution < 1.29 is 22.7 Å². The molecule has 3 aromatic carbocycles. The number of anilines is 1. The van der Waals surface area contributed by atoms with E-state index in [-0.39, 0.29) is 28.1 Å². The molecule has 0 spiro atoms. The SMILES string of the molecule is CCNC(=O)C(CC)N(Cc1ccc(OC)cc1)C(=O)CN(c1ccccc1Cl)S(=O)(=O)c1ccccc1. The predicted molar refractivity (Wildman–Crippen MR) is 149 cm³/mol. The lowest BCUT2D eigenvalue weighted by atomic mass is 10.1. The first-order valence-corrected chi connectivity index (χ1v) is 14.1. The first-order chi connectivity index (χ1) is 18.2. The average molecular weight is 558 g/mol. The van der Waals surface area contributed by atoms with Gasteiger partial charge in [-0.1, -0.05) is 61.0 Å². The molecule has 0 aliphatic carbocycles. The van der Waals surface area contributed by atoms with Gasteiger partial charge in [0.25, 0.3) is 10.0 Å². The fraction of sp³-hybridized carbons (Fsp3) is 0.286. The second kappa shape index (κ2) is 13.3. The highest BCUT2D eigenvalue weighted by Crippen LogP contribution is 2.30. The lowest BCUT2D eigenvalue weighted by Crippen LogP contribution is -2.52. The number of nitrogens with zero attached hydrogens (tertiary/aromatic N) is 2. The summed E-state index contributed by atoms with van der Waals surface area (Å²) in [5.41, 5.74) is 0.930. The molecule has 38 heavy (non-hydrogen) atoms. The number of ether oxygens (including phenoxy) is 1. The number of sulfonamides is 1. The quantitative estimate of drug-likeness (QED) is 0.354. The van der Waals surface area contributed by atoms with Crippen LogP contribution in [0.25, 0.3) is 0 Å². The van der Waals surface area contributed by atoms with Crippen LogP contribution < -0.4 is 14.4 Å². The van der Waals surface area contributed by atoms with Gasteiger partial charge in [0.05, 0.1) is 22.7 Å². The van der Waals surface area contributed by atoms with Gasteiger partial charge in [0, 0.05) is 13.1 Å². The zero-order valence-electron chi connectivity index (χ0n) is 21.6. The highest BCUT2D eigenvalue weighted by Gasteiger charge is 2.34. The van der Waals surface area contributed by atoms with E-state index in [2.05, 4.69) is 5.32 Å². The van der Waals surface area contributed by atoms with Crippen LogP contribution in [-0.4, -0.2) is 51.4 Å². The van der Waals surface area contributed by atoms with Crippen molar-refractivity contribution in [2.75, 3.05) is 24.5 Å². The largest absolute Gasteiger partial charge is 0.497 e. The first kappa shape index (κ1) is 29.0. The Morgan fingerprint density at radius 1 is 0.947 bits per heavy atom. The van der Waals surface area contributed by atoms with Crippen LogP contribution in [0.15, 0.2) is 83.8 Å². The van der Waals surface area contributed by atoms with E-state index >= 15 is 0 Å². The van der Waals surface area contributed by atoms with Gasteiger partial charge < -0.3 is 15.0 Å². The number of methoxy groups -OCH3 is 1. The summed E-state index contributed by atoms with van der Waals surface area (Å²) in [6.07, 6.45) is 0.339. The number of likely N-dealkylation sites (N-methyl/N-ethyl adjacent to an activating group) is 1. The molecule has 0 fully saturated rings. The highest BCUT2D eigenvalue weighted by molar-refractivity contribution is 7.92. The molecule has 2 amide bonds. The number of hydrogen-bond donors (Lipinski definition) is 1. The van der Waals surface area contributed by atoms with Crippen molar-refractivity contribution in [1.82, 2.24) is 10.2 Å². The Morgan fingerprint density at radius 3 is 2.16 bits per heavy atom. The Morgan fingerprint density at radius 2 is 1.58 bits per heavy atom. The van der Waals surface area contributed by atoms with Gasteiger partial charge >= 0.3 is 0 Å². The van der Waals surface area contributed by atoms with Crippen LogP contribution in [-0.2, 0) is 26.2 Å². The normalized spacial score (nSPS) is 11.9. The zero-order chi connectivity index (χ0) is 27.7. The van der Waals surface area contributed by atoms with E-state index in [1.807, 2.05) is 0 Å². The maximum absolute atomic E-state index is 13.9. The standard InChI is InChI=1S/C28H32ClN3O5S/c1-4-25(28(34)30-5-2)31(19-21-15-17-22(37-3)18-16-21)27(33)20-32(26-14-10-9-13-24(26)29)38(35,36)23-11-7-6-8-12-23/h6-18,25H,4-5,19-20H2,1-3H3,(H,30,34). The minimum atomic E-state index is -4.17. The molecule has 8 nitrogen and oxygen atoms in total. The molecule has 0 saturated carbocycles. The molecular formula is C28H32ClN3O5S. The number of amides is 2. The summed E-state index contributed by atoms with van der Waals surface area (Å²) < 4.78 is 33.7. The molecular weight excluding hydrogens is 526 g/mol. The summed E-state index contributed by atoms with van der Waals surface area (Å²) in [5.74, 6) is -0.202. The van der Waals surface area contributed by atoms with Crippen LogP contribution in [0.3, 0.4) is 0 Å². The van der Waals surface area contributed by atoms with Gasteiger partial charge in [0.15, 0.2) is 0 Å². The summed E-state index contributed by atoms with van der Waals surface area (Å²) in [7, 11) is -2.61. The minimum Gasteiger partial charge on any atom is -0.497 e. The van der Waals surface area contributed by atoms with Gasteiger partial charge in [0.1, 0.15) is 18.3 Å². The van der Waals surface area contributed by atoms with Crippen LogP contribution in [0, 0.1) is 0 Å². The summed E-state index contributed by atoms with van der Waals surface area (Å²) in [6.45, 7) is 3.55. The Bertz CT molecular complexity index is 1330. The molecule has 202 valence electrons. The van der Waals surface area contributed by atoms with Gasteiger partial charge in [-0.05, 0) is 55.3 Å². The molecule has 0 bridgehead atoms. The second-order valence-electron chi connectivity index (χ2n) is 8.46. The molecule has 1 N–H and O–H groups in total. The summed E-state index contributed by atoms with van der Waals surface area (Å²) in [5, 5.41) is 2.96. The van der Waals surface area contributed by atoms with Crippen molar-refractivity contribution in [3.63, 3.8) is 0 Å². The van der Waals surface area contributed by atoms with E-state index in [0.717, 1.165) is 9.87 Å². The molecule has 0 aromatic heterocycles. The van der Waals surface area contributed by atoms with Crippen molar-refractivity contribution in [2.24, 2.45) is 0 Å². The molecule has 0 heterocycles. The molecule has 0 saturated heterocycles. The van der Waals surface area contributed by atoms with Crippen molar-refractivity contribution in [2.45, 2.75) is 37.8 Å². The smallest absolute Gasteiger partial charge is 0.264 e. The van der Waals surface area contributed by atoms with Crippen LogP contribution in [0.5, 0.6) is 5.75 Å². The van der Waals surface area contributed by atoms with Crippen molar-refractivity contribution in [3.05, 3.63) is 89.4 Å².